The van der Waals surface area contributed by atoms with Crippen molar-refractivity contribution in [2.24, 2.45) is 0 Å². The number of aryl methyl sites for hydroxylation is 1. The largest absolute Gasteiger partial charge is 0.481 e. The van der Waals surface area contributed by atoms with Gasteiger partial charge in [-0.05, 0) is 52.4 Å². The van der Waals surface area contributed by atoms with Crippen molar-refractivity contribution in [1.82, 2.24) is 0 Å². The van der Waals surface area contributed by atoms with Crippen molar-refractivity contribution in [3.05, 3.63) is 60.2 Å². The van der Waals surface area contributed by atoms with Crippen LogP contribution in [0.4, 0.5) is 0 Å². The Morgan fingerprint density at radius 3 is 2.00 bits per heavy atom. The summed E-state index contributed by atoms with van der Waals surface area (Å²) in [5, 5.41) is 13.9. The maximum Gasteiger partial charge on any atom is 0.303 e. The summed E-state index contributed by atoms with van der Waals surface area (Å²) in [7, 11) is 0. The van der Waals surface area contributed by atoms with E-state index in [4.69, 9.17) is 5.11 Å². The summed E-state index contributed by atoms with van der Waals surface area (Å²) in [6.45, 7) is 0. The van der Waals surface area contributed by atoms with Gasteiger partial charge in [-0.2, -0.15) is 0 Å². The van der Waals surface area contributed by atoms with Gasteiger partial charge in [-0.1, -0.05) is 55.0 Å². The molecule has 112 valence electrons. The van der Waals surface area contributed by atoms with Gasteiger partial charge in [0, 0.05) is 6.42 Å². The van der Waals surface area contributed by atoms with Crippen LogP contribution in [-0.4, -0.2) is 11.1 Å². The third kappa shape index (κ3) is 3.11. The molecule has 0 spiro atoms. The Morgan fingerprint density at radius 2 is 1.41 bits per heavy atom. The second-order valence-electron chi connectivity index (χ2n) is 5.75. The first kappa shape index (κ1) is 14.6. The fourth-order valence-corrected chi connectivity index (χ4v) is 3.13. The Hall–Kier alpha value is -2.35. The SMILES string of the molecule is O=C(O)CCCCCc1c2ccccc2cc2ccccc12. The van der Waals surface area contributed by atoms with Crippen molar-refractivity contribution in [2.75, 3.05) is 0 Å². The smallest absolute Gasteiger partial charge is 0.303 e. The van der Waals surface area contributed by atoms with E-state index in [0.29, 0.717) is 0 Å². The molecule has 3 aromatic rings. The summed E-state index contributed by atoms with van der Waals surface area (Å²) >= 11 is 0. The molecule has 0 fully saturated rings. The van der Waals surface area contributed by atoms with E-state index in [1.165, 1.54) is 27.1 Å². The predicted molar refractivity (Wildman–Crippen MR) is 91.3 cm³/mol. The highest BCUT2D eigenvalue weighted by Crippen LogP contribution is 2.29. The van der Waals surface area contributed by atoms with Gasteiger partial charge in [-0.15, -0.1) is 0 Å². The summed E-state index contributed by atoms with van der Waals surface area (Å²) < 4.78 is 0. The molecule has 3 rings (SSSR count). The number of hydrogen-bond acceptors (Lipinski definition) is 1. The lowest BCUT2D eigenvalue weighted by Crippen LogP contribution is -1.95. The summed E-state index contributed by atoms with van der Waals surface area (Å²) in [4.78, 5) is 10.6. The Labute approximate surface area is 130 Å². The molecule has 0 unspecified atom stereocenters. The average Bonchev–Trinajstić information content (AvgIpc) is 2.53. The average molecular weight is 292 g/mol. The van der Waals surface area contributed by atoms with Gasteiger partial charge >= 0.3 is 5.97 Å². The van der Waals surface area contributed by atoms with E-state index < -0.39 is 5.97 Å². The van der Waals surface area contributed by atoms with E-state index in [1.54, 1.807) is 0 Å². The van der Waals surface area contributed by atoms with Crippen LogP contribution < -0.4 is 0 Å². The van der Waals surface area contributed by atoms with Gasteiger partial charge in [0.25, 0.3) is 0 Å². The van der Waals surface area contributed by atoms with Crippen molar-refractivity contribution >= 4 is 27.5 Å². The van der Waals surface area contributed by atoms with Gasteiger partial charge in [-0.3, -0.25) is 4.79 Å². The summed E-state index contributed by atoms with van der Waals surface area (Å²) in [5.41, 5.74) is 1.39. The van der Waals surface area contributed by atoms with Crippen LogP contribution in [0.1, 0.15) is 31.2 Å². The lowest BCUT2D eigenvalue weighted by atomic mass is 9.93. The summed E-state index contributed by atoms with van der Waals surface area (Å²) in [6.07, 6.45) is 4.03. The molecular formula is C20H20O2. The molecule has 0 amide bonds. The first-order valence-corrected chi connectivity index (χ1v) is 7.87. The minimum absolute atomic E-state index is 0.274. The number of carboxylic acid groups (broad SMARTS) is 1. The first-order valence-electron chi connectivity index (χ1n) is 7.87. The van der Waals surface area contributed by atoms with Gasteiger partial charge < -0.3 is 5.11 Å². The number of aliphatic carboxylic acids is 1. The van der Waals surface area contributed by atoms with E-state index in [0.717, 1.165) is 25.7 Å². The Morgan fingerprint density at radius 1 is 0.818 bits per heavy atom. The standard InChI is InChI=1S/C20H20O2/c21-20(22)13-3-1-2-12-19-17-10-6-4-8-15(17)14-16-9-5-7-11-18(16)19/h4-11,14H,1-3,12-13H2,(H,21,22). The van der Waals surface area contributed by atoms with Crippen LogP contribution in [0.5, 0.6) is 0 Å². The number of benzene rings is 3. The molecule has 0 aromatic heterocycles. The lowest BCUT2D eigenvalue weighted by Gasteiger charge is -2.11. The van der Waals surface area contributed by atoms with Crippen molar-refractivity contribution < 1.29 is 9.90 Å². The Bertz CT molecular complexity index is 751. The molecule has 0 radical (unpaired) electrons. The Balaban J connectivity index is 1.89. The highest BCUT2D eigenvalue weighted by Gasteiger charge is 2.07. The van der Waals surface area contributed by atoms with E-state index in [2.05, 4.69) is 54.6 Å². The molecule has 0 aliphatic heterocycles. The number of hydrogen-bond donors (Lipinski definition) is 1. The molecule has 22 heavy (non-hydrogen) atoms. The van der Waals surface area contributed by atoms with Crippen LogP contribution in [0.3, 0.4) is 0 Å². The van der Waals surface area contributed by atoms with E-state index in [1.807, 2.05) is 0 Å². The maximum absolute atomic E-state index is 10.6. The molecule has 0 saturated heterocycles. The number of carboxylic acids is 1. The van der Waals surface area contributed by atoms with Gasteiger partial charge in [0.15, 0.2) is 0 Å². The second-order valence-corrected chi connectivity index (χ2v) is 5.75. The molecule has 2 heteroatoms. The number of rotatable bonds is 6. The van der Waals surface area contributed by atoms with Gasteiger partial charge in [0.05, 0.1) is 0 Å². The zero-order valence-electron chi connectivity index (χ0n) is 12.6. The van der Waals surface area contributed by atoms with E-state index in [9.17, 15) is 4.79 Å². The molecule has 0 saturated carbocycles. The van der Waals surface area contributed by atoms with Crippen molar-refractivity contribution in [3.8, 4) is 0 Å². The minimum atomic E-state index is -0.699. The summed E-state index contributed by atoms with van der Waals surface area (Å²) in [6, 6.07) is 19.3. The third-order valence-electron chi connectivity index (χ3n) is 4.20. The zero-order chi connectivity index (χ0) is 15.4. The van der Waals surface area contributed by atoms with Crippen LogP contribution >= 0.6 is 0 Å². The number of carbonyl (C=O) groups is 1. The molecule has 0 aliphatic carbocycles. The molecule has 0 bridgehead atoms. The first-order chi connectivity index (χ1) is 10.8. The monoisotopic (exact) mass is 292 g/mol. The van der Waals surface area contributed by atoms with Crippen LogP contribution in [-0.2, 0) is 11.2 Å². The number of fused-ring (bicyclic) bond motifs is 2. The fraction of sp³-hybridized carbons (Fsp3) is 0.250. The van der Waals surface area contributed by atoms with Crippen LogP contribution in [0.25, 0.3) is 21.5 Å². The van der Waals surface area contributed by atoms with Crippen molar-refractivity contribution in [3.63, 3.8) is 0 Å². The van der Waals surface area contributed by atoms with E-state index in [-0.39, 0.29) is 6.42 Å². The molecular weight excluding hydrogens is 272 g/mol. The predicted octanol–water partition coefficient (Wildman–Crippen LogP) is 5.18. The molecule has 2 nitrogen and oxygen atoms in total. The van der Waals surface area contributed by atoms with E-state index >= 15 is 0 Å². The van der Waals surface area contributed by atoms with Crippen molar-refractivity contribution in [2.45, 2.75) is 32.1 Å². The van der Waals surface area contributed by atoms with Crippen LogP contribution in [0, 0.1) is 0 Å². The normalized spacial score (nSPS) is 11.1. The topological polar surface area (TPSA) is 37.3 Å². The quantitative estimate of drug-likeness (QED) is 0.502. The molecule has 3 aromatic carbocycles. The van der Waals surface area contributed by atoms with Gasteiger partial charge in [-0.25, -0.2) is 0 Å². The Kier molecular flexibility index (Phi) is 4.38. The summed E-state index contributed by atoms with van der Waals surface area (Å²) in [5.74, 6) is -0.699. The second kappa shape index (κ2) is 6.61. The van der Waals surface area contributed by atoms with Crippen LogP contribution in [0.2, 0.25) is 0 Å². The molecule has 0 heterocycles. The highest BCUT2D eigenvalue weighted by atomic mass is 16.4. The fourth-order valence-electron chi connectivity index (χ4n) is 3.13. The number of unbranched alkanes of at least 4 members (excludes halogenated alkanes) is 2. The zero-order valence-corrected chi connectivity index (χ0v) is 12.6. The lowest BCUT2D eigenvalue weighted by molar-refractivity contribution is -0.137. The minimum Gasteiger partial charge on any atom is -0.481 e. The van der Waals surface area contributed by atoms with Gasteiger partial charge in [0.2, 0.25) is 0 Å². The van der Waals surface area contributed by atoms with Crippen molar-refractivity contribution in [1.29, 1.82) is 0 Å². The molecule has 0 atom stereocenters. The maximum atomic E-state index is 10.6. The highest BCUT2D eigenvalue weighted by molar-refractivity contribution is 6.02. The molecule has 1 N–H and O–H groups in total. The van der Waals surface area contributed by atoms with Gasteiger partial charge in [0.1, 0.15) is 0 Å². The van der Waals surface area contributed by atoms with Crippen LogP contribution in [0.15, 0.2) is 54.6 Å². The molecule has 0 aliphatic rings. The third-order valence-corrected chi connectivity index (χ3v) is 4.20.